The zero-order valence-electron chi connectivity index (χ0n) is 13.2. The summed E-state index contributed by atoms with van der Waals surface area (Å²) in [7, 11) is 3.05. The Bertz CT molecular complexity index is 771. The number of aryl methyl sites for hydroxylation is 1. The van der Waals surface area contributed by atoms with E-state index in [0.717, 1.165) is 0 Å². The van der Waals surface area contributed by atoms with Crippen LogP contribution in [0.15, 0.2) is 9.59 Å². The molecule has 0 radical (unpaired) electrons. The Balaban J connectivity index is 2.71. The fourth-order valence-corrected chi connectivity index (χ4v) is 2.41. The minimum Gasteiger partial charge on any atom is -0.395 e. The van der Waals surface area contributed by atoms with Crippen molar-refractivity contribution < 1.29 is 14.9 Å². The molecule has 0 atom stereocenters. The maximum absolute atomic E-state index is 12.2. The van der Waals surface area contributed by atoms with E-state index in [1.807, 2.05) is 0 Å². The van der Waals surface area contributed by atoms with Crippen LogP contribution in [0.3, 0.4) is 0 Å². The van der Waals surface area contributed by atoms with Gasteiger partial charge in [-0.2, -0.15) is 4.98 Å². The zero-order valence-corrected chi connectivity index (χ0v) is 13.2. The lowest BCUT2D eigenvalue weighted by Crippen LogP contribution is -2.33. The molecule has 2 rings (SSSR count). The maximum atomic E-state index is 12.2. The number of aliphatic hydroxyl groups excluding tert-OH is 2. The number of imidazole rings is 1. The number of hydrogen-bond donors (Lipinski definition) is 3. The molecule has 0 unspecified atom stereocenters. The summed E-state index contributed by atoms with van der Waals surface area (Å²) in [6.45, 7) is 0.890. The predicted octanol–water partition coefficient (Wildman–Crippen LogP) is -2.14. The number of aromatic nitrogens is 4. The van der Waals surface area contributed by atoms with Gasteiger partial charge >= 0.3 is 5.69 Å². The first kappa shape index (κ1) is 17.2. The highest BCUT2D eigenvalue weighted by atomic mass is 16.5. The third-order valence-corrected chi connectivity index (χ3v) is 3.53. The van der Waals surface area contributed by atoms with Gasteiger partial charge < -0.3 is 24.4 Å². The van der Waals surface area contributed by atoms with Crippen LogP contribution < -0.4 is 16.1 Å². The van der Waals surface area contributed by atoms with Crippen molar-refractivity contribution in [3.8, 4) is 0 Å². The van der Waals surface area contributed by atoms with Gasteiger partial charge in [0.05, 0.1) is 19.8 Å². The second-order valence-corrected chi connectivity index (χ2v) is 4.98. The normalized spacial score (nSPS) is 11.3. The van der Waals surface area contributed by atoms with Gasteiger partial charge in [0.15, 0.2) is 11.2 Å². The summed E-state index contributed by atoms with van der Waals surface area (Å²) in [5, 5.41) is 18.4. The van der Waals surface area contributed by atoms with Crippen LogP contribution in [0.4, 0.5) is 5.95 Å². The van der Waals surface area contributed by atoms with E-state index < -0.39 is 11.2 Å². The summed E-state index contributed by atoms with van der Waals surface area (Å²) in [5.41, 5.74) is -0.599. The Morgan fingerprint density at radius 1 is 1.26 bits per heavy atom. The molecule has 0 saturated heterocycles. The molecule has 3 N–H and O–H groups in total. The monoisotopic (exact) mass is 327 g/mol. The number of nitrogens with zero attached hydrogens (tertiary/aromatic N) is 4. The lowest BCUT2D eigenvalue weighted by molar-refractivity contribution is 0.188. The molecule has 2 aromatic rings. The fourth-order valence-electron chi connectivity index (χ4n) is 2.41. The van der Waals surface area contributed by atoms with Gasteiger partial charge in [0.1, 0.15) is 0 Å². The SMILES string of the molecule is COCCn1c(N(CCO)CCO)nc2c1c(=O)[nH]c(=O)n2C. The molecule has 0 saturated carbocycles. The lowest BCUT2D eigenvalue weighted by atomic mass is 10.5. The first-order chi connectivity index (χ1) is 11.0. The third-order valence-electron chi connectivity index (χ3n) is 3.53. The van der Waals surface area contributed by atoms with Crippen molar-refractivity contribution in [3.05, 3.63) is 20.8 Å². The smallest absolute Gasteiger partial charge is 0.329 e. The van der Waals surface area contributed by atoms with Crippen LogP contribution in [0.2, 0.25) is 0 Å². The maximum Gasteiger partial charge on any atom is 0.329 e. The molecule has 23 heavy (non-hydrogen) atoms. The molecule has 10 nitrogen and oxygen atoms in total. The quantitative estimate of drug-likeness (QED) is 0.505. The molecule has 0 aliphatic carbocycles. The van der Waals surface area contributed by atoms with E-state index in [0.29, 0.717) is 19.1 Å². The Morgan fingerprint density at radius 2 is 1.91 bits per heavy atom. The van der Waals surface area contributed by atoms with Gasteiger partial charge in [-0.3, -0.25) is 14.3 Å². The minimum atomic E-state index is -0.554. The Labute approximate surface area is 131 Å². The number of aromatic amines is 1. The van der Waals surface area contributed by atoms with Crippen molar-refractivity contribution >= 4 is 17.1 Å². The topological polar surface area (TPSA) is 126 Å². The first-order valence-electron chi connectivity index (χ1n) is 7.20. The number of ether oxygens (including phenoxy) is 1. The molecule has 0 amide bonds. The second-order valence-electron chi connectivity index (χ2n) is 4.98. The lowest BCUT2D eigenvalue weighted by Gasteiger charge is -2.22. The van der Waals surface area contributed by atoms with Gasteiger partial charge in [-0.15, -0.1) is 0 Å². The highest BCUT2D eigenvalue weighted by molar-refractivity contribution is 5.74. The van der Waals surface area contributed by atoms with Crippen molar-refractivity contribution in [3.63, 3.8) is 0 Å². The van der Waals surface area contributed by atoms with E-state index in [1.54, 1.807) is 9.47 Å². The number of rotatable bonds is 8. The van der Waals surface area contributed by atoms with Crippen LogP contribution in [0.5, 0.6) is 0 Å². The molecule has 2 aromatic heterocycles. The van der Waals surface area contributed by atoms with Crippen LogP contribution in [0.25, 0.3) is 11.2 Å². The number of anilines is 1. The summed E-state index contributed by atoms with van der Waals surface area (Å²) >= 11 is 0. The average Bonchev–Trinajstić information content (AvgIpc) is 2.90. The van der Waals surface area contributed by atoms with E-state index in [4.69, 9.17) is 4.74 Å². The van der Waals surface area contributed by atoms with E-state index in [9.17, 15) is 19.8 Å². The van der Waals surface area contributed by atoms with E-state index in [1.165, 1.54) is 18.7 Å². The molecule has 2 heterocycles. The summed E-state index contributed by atoms with van der Waals surface area (Å²) in [4.78, 5) is 32.2. The van der Waals surface area contributed by atoms with Crippen molar-refractivity contribution in [2.24, 2.45) is 7.05 Å². The third kappa shape index (κ3) is 3.28. The summed E-state index contributed by atoms with van der Waals surface area (Å²) in [5.74, 6) is 0.395. The highest BCUT2D eigenvalue weighted by Crippen LogP contribution is 2.19. The van der Waals surface area contributed by atoms with Gasteiger partial charge in [-0.1, -0.05) is 0 Å². The molecule has 0 bridgehead atoms. The van der Waals surface area contributed by atoms with Gasteiger partial charge in [0.25, 0.3) is 5.56 Å². The second kappa shape index (κ2) is 7.40. The molecule has 0 aliphatic rings. The largest absolute Gasteiger partial charge is 0.395 e. The summed E-state index contributed by atoms with van der Waals surface area (Å²) in [6.07, 6.45) is 0. The zero-order chi connectivity index (χ0) is 17.0. The molecule has 0 spiro atoms. The molecule has 0 fully saturated rings. The van der Waals surface area contributed by atoms with Crippen molar-refractivity contribution in [2.75, 3.05) is 44.9 Å². The molecular weight excluding hydrogens is 306 g/mol. The van der Waals surface area contributed by atoms with Crippen LogP contribution in [0.1, 0.15) is 0 Å². The Morgan fingerprint density at radius 3 is 2.48 bits per heavy atom. The average molecular weight is 327 g/mol. The van der Waals surface area contributed by atoms with Crippen LogP contribution in [-0.4, -0.2) is 69.3 Å². The number of hydrogen-bond acceptors (Lipinski definition) is 7. The number of H-pyrrole nitrogens is 1. The van der Waals surface area contributed by atoms with Gasteiger partial charge in [-0.25, -0.2) is 4.79 Å². The van der Waals surface area contributed by atoms with E-state index in [-0.39, 0.29) is 37.5 Å². The number of aliphatic hydroxyl groups is 2. The van der Waals surface area contributed by atoms with Crippen molar-refractivity contribution in [1.29, 1.82) is 0 Å². The molecule has 128 valence electrons. The Hall–Kier alpha value is -2.17. The fraction of sp³-hybridized carbons (Fsp3) is 0.615. The number of nitrogens with one attached hydrogen (secondary N) is 1. The van der Waals surface area contributed by atoms with E-state index >= 15 is 0 Å². The molecule has 0 aromatic carbocycles. The van der Waals surface area contributed by atoms with E-state index in [2.05, 4.69) is 9.97 Å². The summed E-state index contributed by atoms with van der Waals surface area (Å²) < 4.78 is 7.94. The Kier molecular flexibility index (Phi) is 5.53. The standard InChI is InChI=1S/C13H21N5O5/c1-16-10-9(11(21)15-13(16)22)18(5-8-23-2)12(14-10)17(3-6-19)4-7-20/h19-20H,3-8H2,1-2H3,(H,15,21,22). The van der Waals surface area contributed by atoms with Crippen molar-refractivity contribution in [1.82, 2.24) is 19.1 Å². The van der Waals surface area contributed by atoms with Crippen LogP contribution >= 0.6 is 0 Å². The first-order valence-corrected chi connectivity index (χ1v) is 7.20. The van der Waals surface area contributed by atoms with Gasteiger partial charge in [0, 0.05) is 33.8 Å². The summed E-state index contributed by atoms with van der Waals surface area (Å²) in [6, 6.07) is 0. The molecule has 10 heteroatoms. The van der Waals surface area contributed by atoms with Crippen LogP contribution in [0, 0.1) is 0 Å². The molecule has 0 aliphatic heterocycles. The highest BCUT2D eigenvalue weighted by Gasteiger charge is 2.21. The van der Waals surface area contributed by atoms with Crippen molar-refractivity contribution in [2.45, 2.75) is 6.54 Å². The number of fused-ring (bicyclic) bond motifs is 1. The molecular formula is C13H21N5O5. The van der Waals surface area contributed by atoms with Gasteiger partial charge in [0.2, 0.25) is 5.95 Å². The minimum absolute atomic E-state index is 0.136. The predicted molar refractivity (Wildman–Crippen MR) is 83.9 cm³/mol. The van der Waals surface area contributed by atoms with Gasteiger partial charge in [-0.05, 0) is 0 Å². The number of methoxy groups -OCH3 is 1. The van der Waals surface area contributed by atoms with Crippen LogP contribution in [-0.2, 0) is 18.3 Å².